The summed E-state index contributed by atoms with van der Waals surface area (Å²) < 4.78 is 13.2. The minimum Gasteiger partial charge on any atom is -0.325 e. The fourth-order valence-corrected chi connectivity index (χ4v) is 4.06. The maximum Gasteiger partial charge on any atom is 0.238 e. The van der Waals surface area contributed by atoms with Gasteiger partial charge in [0.2, 0.25) is 5.91 Å². The predicted molar refractivity (Wildman–Crippen MR) is 108 cm³/mol. The van der Waals surface area contributed by atoms with Crippen LogP contribution in [0.1, 0.15) is 31.5 Å². The zero-order valence-corrected chi connectivity index (χ0v) is 17.0. The van der Waals surface area contributed by atoms with Gasteiger partial charge in [-0.25, -0.2) is 9.37 Å². The third kappa shape index (κ3) is 5.82. The number of aromatic nitrogens is 1. The highest BCUT2D eigenvalue weighted by Crippen LogP contribution is 2.24. The van der Waals surface area contributed by atoms with Crippen molar-refractivity contribution in [2.24, 2.45) is 0 Å². The molecule has 1 aliphatic rings. The summed E-state index contributed by atoms with van der Waals surface area (Å²) in [5.41, 5.74) is 1.73. The van der Waals surface area contributed by atoms with Crippen LogP contribution in [0.5, 0.6) is 0 Å². The molecule has 7 heteroatoms. The SMILES string of the molecule is CC(C)(C)c1csc(CN2CCN(CC(=O)Nc3cccc(F)c3)CC2)n1. The molecular weight excluding hydrogens is 363 g/mol. The molecule has 2 aromatic rings. The Morgan fingerprint density at radius 2 is 1.93 bits per heavy atom. The van der Waals surface area contributed by atoms with Gasteiger partial charge in [0, 0.05) is 42.7 Å². The largest absolute Gasteiger partial charge is 0.325 e. The van der Waals surface area contributed by atoms with Crippen LogP contribution in [0.4, 0.5) is 10.1 Å². The quantitative estimate of drug-likeness (QED) is 0.851. The first kappa shape index (κ1) is 19.9. The molecule has 0 saturated carbocycles. The lowest BCUT2D eigenvalue weighted by Crippen LogP contribution is -2.48. The minimum absolute atomic E-state index is 0.0858. The molecule has 146 valence electrons. The molecule has 1 saturated heterocycles. The number of nitrogens with zero attached hydrogens (tertiary/aromatic N) is 3. The van der Waals surface area contributed by atoms with Crippen LogP contribution >= 0.6 is 11.3 Å². The number of amides is 1. The van der Waals surface area contributed by atoms with Crippen LogP contribution in [0, 0.1) is 5.82 Å². The highest BCUT2D eigenvalue weighted by Gasteiger charge is 2.22. The van der Waals surface area contributed by atoms with Crippen LogP contribution in [0.2, 0.25) is 0 Å². The summed E-state index contributed by atoms with van der Waals surface area (Å²) in [6.45, 7) is 11.2. The van der Waals surface area contributed by atoms with Gasteiger partial charge < -0.3 is 5.32 Å². The number of anilines is 1. The van der Waals surface area contributed by atoms with Crippen molar-refractivity contribution in [3.05, 3.63) is 46.2 Å². The van der Waals surface area contributed by atoms with Crippen molar-refractivity contribution in [3.8, 4) is 0 Å². The summed E-state index contributed by atoms with van der Waals surface area (Å²) in [6.07, 6.45) is 0. The second-order valence-corrected chi connectivity index (χ2v) is 8.93. The summed E-state index contributed by atoms with van der Waals surface area (Å²) in [5.74, 6) is -0.456. The molecule has 1 aromatic carbocycles. The molecule has 0 radical (unpaired) electrons. The molecule has 0 bridgehead atoms. The number of piperazine rings is 1. The molecule has 1 fully saturated rings. The van der Waals surface area contributed by atoms with Crippen LogP contribution in [-0.2, 0) is 16.8 Å². The van der Waals surface area contributed by atoms with Crippen molar-refractivity contribution in [1.82, 2.24) is 14.8 Å². The van der Waals surface area contributed by atoms with E-state index in [0.717, 1.165) is 43.4 Å². The Morgan fingerprint density at radius 3 is 2.56 bits per heavy atom. The standard InChI is InChI=1S/C20H27FN4OS/c1-20(2,3)17-14-27-19(23-17)13-25-9-7-24(8-10-25)12-18(26)22-16-6-4-5-15(21)11-16/h4-6,11,14H,7-10,12-13H2,1-3H3,(H,22,26). The second-order valence-electron chi connectivity index (χ2n) is 7.99. The van der Waals surface area contributed by atoms with E-state index in [1.807, 2.05) is 0 Å². The summed E-state index contributed by atoms with van der Waals surface area (Å²) in [4.78, 5) is 21.4. The lowest BCUT2D eigenvalue weighted by molar-refractivity contribution is -0.117. The molecule has 1 N–H and O–H groups in total. The topological polar surface area (TPSA) is 48.5 Å². The molecule has 1 amide bonds. The van der Waals surface area contributed by atoms with Crippen LogP contribution in [-0.4, -0.2) is 53.4 Å². The van der Waals surface area contributed by atoms with Crippen molar-refractivity contribution in [1.29, 1.82) is 0 Å². The van der Waals surface area contributed by atoms with Gasteiger partial charge in [0.15, 0.2) is 0 Å². The molecule has 0 aliphatic carbocycles. The molecule has 27 heavy (non-hydrogen) atoms. The molecular formula is C20H27FN4OS. The zero-order chi connectivity index (χ0) is 19.4. The summed E-state index contributed by atoms with van der Waals surface area (Å²) in [7, 11) is 0. The average molecular weight is 391 g/mol. The summed E-state index contributed by atoms with van der Waals surface area (Å²) in [5, 5.41) is 6.06. The van der Waals surface area contributed by atoms with E-state index in [2.05, 4.69) is 41.3 Å². The van der Waals surface area contributed by atoms with E-state index in [1.54, 1.807) is 23.5 Å². The van der Waals surface area contributed by atoms with Gasteiger partial charge in [-0.15, -0.1) is 11.3 Å². The fourth-order valence-electron chi connectivity index (χ4n) is 2.99. The fraction of sp³-hybridized carbons (Fsp3) is 0.500. The van der Waals surface area contributed by atoms with Crippen molar-refractivity contribution >= 4 is 22.9 Å². The Balaban J connectivity index is 1.43. The smallest absolute Gasteiger partial charge is 0.238 e. The predicted octanol–water partition coefficient (Wildman–Crippen LogP) is 3.34. The Bertz CT molecular complexity index is 778. The summed E-state index contributed by atoms with van der Waals surface area (Å²) >= 11 is 1.72. The Morgan fingerprint density at radius 1 is 1.22 bits per heavy atom. The first-order chi connectivity index (χ1) is 12.8. The number of nitrogens with one attached hydrogen (secondary N) is 1. The first-order valence-corrected chi connectivity index (χ1v) is 10.1. The third-order valence-corrected chi connectivity index (χ3v) is 5.45. The van der Waals surface area contributed by atoms with Crippen molar-refractivity contribution < 1.29 is 9.18 Å². The third-order valence-electron chi connectivity index (χ3n) is 4.62. The van der Waals surface area contributed by atoms with Crippen LogP contribution in [0.3, 0.4) is 0 Å². The van der Waals surface area contributed by atoms with Gasteiger partial charge in [-0.1, -0.05) is 26.8 Å². The zero-order valence-electron chi connectivity index (χ0n) is 16.2. The van der Waals surface area contributed by atoms with E-state index in [-0.39, 0.29) is 17.1 Å². The number of thiazole rings is 1. The number of halogens is 1. The highest BCUT2D eigenvalue weighted by molar-refractivity contribution is 7.09. The van der Waals surface area contributed by atoms with Gasteiger partial charge in [-0.05, 0) is 18.2 Å². The average Bonchev–Trinajstić information content (AvgIpc) is 3.05. The van der Waals surface area contributed by atoms with E-state index in [4.69, 9.17) is 4.98 Å². The van der Waals surface area contributed by atoms with E-state index in [0.29, 0.717) is 12.2 Å². The van der Waals surface area contributed by atoms with Gasteiger partial charge in [-0.2, -0.15) is 0 Å². The van der Waals surface area contributed by atoms with Gasteiger partial charge in [0.25, 0.3) is 0 Å². The lowest BCUT2D eigenvalue weighted by atomic mass is 9.93. The number of carbonyl (C=O) groups excluding carboxylic acids is 1. The van der Waals surface area contributed by atoms with E-state index in [9.17, 15) is 9.18 Å². The van der Waals surface area contributed by atoms with E-state index in [1.165, 1.54) is 12.1 Å². The van der Waals surface area contributed by atoms with Crippen molar-refractivity contribution in [3.63, 3.8) is 0 Å². The molecule has 0 atom stereocenters. The summed E-state index contributed by atoms with van der Waals surface area (Å²) in [6, 6.07) is 5.98. The van der Waals surface area contributed by atoms with Gasteiger partial charge in [-0.3, -0.25) is 14.6 Å². The van der Waals surface area contributed by atoms with Crippen LogP contribution < -0.4 is 5.32 Å². The van der Waals surface area contributed by atoms with E-state index >= 15 is 0 Å². The van der Waals surface area contributed by atoms with Gasteiger partial charge in [0.1, 0.15) is 10.8 Å². The Kier molecular flexibility index (Phi) is 6.24. The van der Waals surface area contributed by atoms with Crippen molar-refractivity contribution in [2.75, 3.05) is 38.0 Å². The molecule has 0 spiro atoms. The molecule has 1 aromatic heterocycles. The van der Waals surface area contributed by atoms with Crippen LogP contribution in [0.25, 0.3) is 0 Å². The number of carbonyl (C=O) groups is 1. The second kappa shape index (κ2) is 8.46. The first-order valence-electron chi connectivity index (χ1n) is 9.24. The minimum atomic E-state index is -0.349. The maximum absolute atomic E-state index is 13.2. The lowest BCUT2D eigenvalue weighted by Gasteiger charge is -2.33. The molecule has 5 nitrogen and oxygen atoms in total. The molecule has 3 rings (SSSR count). The van der Waals surface area contributed by atoms with E-state index < -0.39 is 0 Å². The maximum atomic E-state index is 13.2. The molecule has 2 heterocycles. The van der Waals surface area contributed by atoms with Gasteiger partial charge >= 0.3 is 0 Å². The van der Waals surface area contributed by atoms with Crippen molar-refractivity contribution in [2.45, 2.75) is 32.7 Å². The number of rotatable bonds is 5. The molecule has 0 unspecified atom stereocenters. The number of hydrogen-bond donors (Lipinski definition) is 1. The monoisotopic (exact) mass is 390 g/mol. The Labute approximate surface area is 164 Å². The Hall–Kier alpha value is -1.83. The highest BCUT2D eigenvalue weighted by atomic mass is 32.1. The number of benzene rings is 1. The van der Waals surface area contributed by atoms with Gasteiger partial charge in [0.05, 0.1) is 18.8 Å². The number of hydrogen-bond acceptors (Lipinski definition) is 5. The van der Waals surface area contributed by atoms with Crippen LogP contribution in [0.15, 0.2) is 29.6 Å². The normalized spacial score (nSPS) is 16.4. The molecule has 1 aliphatic heterocycles.